The molecule has 1 aromatic heterocycles. The van der Waals surface area contributed by atoms with E-state index in [1.807, 2.05) is 36.4 Å². The Hall–Kier alpha value is -2.85. The Morgan fingerprint density at radius 3 is 2.46 bits per heavy atom. The van der Waals surface area contributed by atoms with Gasteiger partial charge in [0.05, 0.1) is 12.8 Å². The summed E-state index contributed by atoms with van der Waals surface area (Å²) in [5, 5.41) is 3.04. The summed E-state index contributed by atoms with van der Waals surface area (Å²) >= 11 is 0. The first-order valence-electron chi connectivity index (χ1n) is 9.86. The van der Waals surface area contributed by atoms with Crippen LogP contribution in [0.3, 0.4) is 0 Å². The molecule has 1 N–H and O–H groups in total. The summed E-state index contributed by atoms with van der Waals surface area (Å²) < 4.78 is 5.56. The number of nitrogens with one attached hydrogen (secondary N) is 1. The minimum absolute atomic E-state index is 0.0289. The first kappa shape index (κ1) is 18.5. The molecule has 144 valence electrons. The zero-order chi connectivity index (χ0) is 19.3. The van der Waals surface area contributed by atoms with Gasteiger partial charge in [-0.25, -0.2) is 0 Å². The number of furan rings is 1. The minimum Gasteiger partial charge on any atom is -0.468 e. The minimum atomic E-state index is 0.0289. The summed E-state index contributed by atoms with van der Waals surface area (Å²) in [5.74, 6) is 0.981. The van der Waals surface area contributed by atoms with Crippen molar-refractivity contribution >= 4 is 5.91 Å². The number of hydrogen-bond donors (Lipinski definition) is 1. The Balaban J connectivity index is 1.45. The van der Waals surface area contributed by atoms with Gasteiger partial charge in [-0.3, -0.25) is 9.69 Å². The van der Waals surface area contributed by atoms with Crippen molar-refractivity contribution in [3.63, 3.8) is 0 Å². The number of aryl methyl sites for hydroxylation is 1. The van der Waals surface area contributed by atoms with Crippen LogP contribution in [0.4, 0.5) is 0 Å². The van der Waals surface area contributed by atoms with Gasteiger partial charge in [0.25, 0.3) is 5.91 Å². The van der Waals surface area contributed by atoms with E-state index in [0.717, 1.165) is 43.8 Å². The molecule has 0 atom stereocenters. The summed E-state index contributed by atoms with van der Waals surface area (Å²) in [7, 11) is 0. The van der Waals surface area contributed by atoms with E-state index >= 15 is 0 Å². The number of carbonyl (C=O) groups excluding carboxylic acids is 1. The number of carbonyl (C=O) groups is 1. The lowest BCUT2D eigenvalue weighted by Crippen LogP contribution is -2.25. The van der Waals surface area contributed by atoms with Crippen molar-refractivity contribution in [3.8, 4) is 0 Å². The van der Waals surface area contributed by atoms with Gasteiger partial charge in [-0.15, -0.1) is 0 Å². The van der Waals surface area contributed by atoms with Gasteiger partial charge >= 0.3 is 0 Å². The molecule has 1 aliphatic rings. The van der Waals surface area contributed by atoms with Gasteiger partial charge in [-0.2, -0.15) is 0 Å². The molecule has 4 nitrogen and oxygen atoms in total. The van der Waals surface area contributed by atoms with Gasteiger partial charge < -0.3 is 9.73 Å². The molecule has 3 aromatic rings. The highest BCUT2D eigenvalue weighted by Crippen LogP contribution is 2.20. The van der Waals surface area contributed by atoms with Crippen molar-refractivity contribution in [1.29, 1.82) is 0 Å². The zero-order valence-corrected chi connectivity index (χ0v) is 16.2. The van der Waals surface area contributed by atoms with Crippen molar-refractivity contribution in [2.75, 3.05) is 0 Å². The number of nitrogens with zero attached hydrogens (tertiary/aromatic N) is 1. The number of benzene rings is 2. The molecule has 4 heteroatoms. The van der Waals surface area contributed by atoms with Gasteiger partial charge in [0.15, 0.2) is 0 Å². The normalized spacial score (nSPS) is 13.6. The number of rotatable bonds is 8. The zero-order valence-electron chi connectivity index (χ0n) is 16.2. The second-order valence-electron chi connectivity index (χ2n) is 7.66. The largest absolute Gasteiger partial charge is 0.468 e. The van der Waals surface area contributed by atoms with E-state index in [0.29, 0.717) is 6.04 Å². The van der Waals surface area contributed by atoms with Crippen LogP contribution in [0.25, 0.3) is 0 Å². The third-order valence-corrected chi connectivity index (χ3v) is 4.98. The molecular weight excluding hydrogens is 348 g/mol. The molecule has 0 aliphatic heterocycles. The van der Waals surface area contributed by atoms with Gasteiger partial charge in [0, 0.05) is 24.7 Å². The topological polar surface area (TPSA) is 45.5 Å². The predicted octanol–water partition coefficient (Wildman–Crippen LogP) is 4.68. The van der Waals surface area contributed by atoms with Crippen LogP contribution in [-0.2, 0) is 19.6 Å². The molecular formula is C24H26N2O2. The molecule has 1 amide bonds. The number of hydrogen-bond acceptors (Lipinski definition) is 3. The van der Waals surface area contributed by atoms with E-state index in [4.69, 9.17) is 4.42 Å². The van der Waals surface area contributed by atoms with Gasteiger partial charge in [0.1, 0.15) is 5.76 Å². The lowest BCUT2D eigenvalue weighted by atomic mass is 10.1. The molecule has 1 fully saturated rings. The molecule has 0 saturated heterocycles. The SMILES string of the molecule is Cc1cccc(CN(Cc2ccc(C(=O)NC3CC3)cc2)Cc2ccco2)c1. The van der Waals surface area contributed by atoms with Crippen LogP contribution in [0, 0.1) is 6.92 Å². The quantitative estimate of drug-likeness (QED) is 0.622. The maximum Gasteiger partial charge on any atom is 0.251 e. The molecule has 0 spiro atoms. The molecule has 1 saturated carbocycles. The fourth-order valence-corrected chi connectivity index (χ4v) is 3.38. The van der Waals surface area contributed by atoms with Crippen molar-refractivity contribution in [2.24, 2.45) is 0 Å². The Bertz CT molecular complexity index is 912. The van der Waals surface area contributed by atoms with Crippen LogP contribution in [0.2, 0.25) is 0 Å². The molecule has 4 rings (SSSR count). The highest BCUT2D eigenvalue weighted by molar-refractivity contribution is 5.94. The van der Waals surface area contributed by atoms with Crippen molar-refractivity contribution in [2.45, 2.75) is 45.4 Å². The van der Waals surface area contributed by atoms with E-state index in [-0.39, 0.29) is 5.91 Å². The summed E-state index contributed by atoms with van der Waals surface area (Å²) in [5.41, 5.74) is 4.46. The van der Waals surface area contributed by atoms with E-state index < -0.39 is 0 Å². The van der Waals surface area contributed by atoms with Crippen LogP contribution in [0.1, 0.15) is 45.7 Å². The molecule has 0 unspecified atom stereocenters. The van der Waals surface area contributed by atoms with Crippen molar-refractivity contribution in [3.05, 3.63) is 94.9 Å². The Labute approximate surface area is 166 Å². The van der Waals surface area contributed by atoms with E-state index in [1.54, 1.807) is 6.26 Å². The highest BCUT2D eigenvalue weighted by atomic mass is 16.3. The van der Waals surface area contributed by atoms with Crippen LogP contribution in [0.15, 0.2) is 71.3 Å². The molecule has 1 aliphatic carbocycles. The monoisotopic (exact) mass is 374 g/mol. The van der Waals surface area contributed by atoms with E-state index in [1.165, 1.54) is 16.7 Å². The fraction of sp³-hybridized carbons (Fsp3) is 0.292. The van der Waals surface area contributed by atoms with Gasteiger partial charge in [-0.1, -0.05) is 42.0 Å². The second kappa shape index (κ2) is 8.44. The van der Waals surface area contributed by atoms with Crippen LogP contribution >= 0.6 is 0 Å². The van der Waals surface area contributed by atoms with E-state index in [9.17, 15) is 4.79 Å². The van der Waals surface area contributed by atoms with E-state index in [2.05, 4.69) is 41.4 Å². The van der Waals surface area contributed by atoms with Gasteiger partial charge in [-0.05, 0) is 55.2 Å². The summed E-state index contributed by atoms with van der Waals surface area (Å²) in [6.07, 6.45) is 3.92. The van der Waals surface area contributed by atoms with Gasteiger partial charge in [0.2, 0.25) is 0 Å². The van der Waals surface area contributed by atoms with Crippen molar-refractivity contribution in [1.82, 2.24) is 10.2 Å². The molecule has 0 bridgehead atoms. The molecule has 28 heavy (non-hydrogen) atoms. The average molecular weight is 374 g/mol. The maximum atomic E-state index is 12.2. The third kappa shape index (κ3) is 5.11. The standard InChI is InChI=1S/C24H26N2O2/c1-18-4-2-5-20(14-18)16-26(17-23-6-3-13-28-23)15-19-7-9-21(10-8-19)24(27)25-22-11-12-22/h2-10,13-14,22H,11-12,15-17H2,1H3,(H,25,27). The summed E-state index contributed by atoms with van der Waals surface area (Å²) in [6, 6.07) is 20.9. The lowest BCUT2D eigenvalue weighted by molar-refractivity contribution is 0.0951. The Morgan fingerprint density at radius 1 is 1.00 bits per heavy atom. The average Bonchev–Trinajstić information content (AvgIpc) is 3.34. The first-order valence-corrected chi connectivity index (χ1v) is 9.86. The second-order valence-corrected chi connectivity index (χ2v) is 7.66. The van der Waals surface area contributed by atoms with Crippen LogP contribution in [0.5, 0.6) is 0 Å². The molecule has 1 heterocycles. The molecule has 0 radical (unpaired) electrons. The molecule has 2 aromatic carbocycles. The lowest BCUT2D eigenvalue weighted by Gasteiger charge is -2.22. The fourth-order valence-electron chi connectivity index (χ4n) is 3.38. The third-order valence-electron chi connectivity index (χ3n) is 4.98. The Kier molecular flexibility index (Phi) is 5.58. The number of amides is 1. The maximum absolute atomic E-state index is 12.2. The smallest absolute Gasteiger partial charge is 0.251 e. The van der Waals surface area contributed by atoms with Crippen LogP contribution < -0.4 is 5.32 Å². The predicted molar refractivity (Wildman–Crippen MR) is 110 cm³/mol. The Morgan fingerprint density at radius 2 is 1.79 bits per heavy atom. The van der Waals surface area contributed by atoms with Crippen LogP contribution in [-0.4, -0.2) is 16.8 Å². The summed E-state index contributed by atoms with van der Waals surface area (Å²) in [6.45, 7) is 4.49. The summed E-state index contributed by atoms with van der Waals surface area (Å²) in [4.78, 5) is 14.5. The van der Waals surface area contributed by atoms with Crippen molar-refractivity contribution < 1.29 is 9.21 Å². The first-order chi connectivity index (χ1) is 13.7. The highest BCUT2D eigenvalue weighted by Gasteiger charge is 2.23.